The van der Waals surface area contributed by atoms with E-state index >= 15 is 0 Å². The molecule has 0 spiro atoms. The summed E-state index contributed by atoms with van der Waals surface area (Å²) in [4.78, 5) is 11.2. The van der Waals surface area contributed by atoms with Crippen LogP contribution < -0.4 is 5.73 Å². The van der Waals surface area contributed by atoms with Gasteiger partial charge in [-0.05, 0) is 25.5 Å². The molecule has 0 radical (unpaired) electrons. The van der Waals surface area contributed by atoms with Gasteiger partial charge in [-0.1, -0.05) is 0 Å². The number of thioether (sulfide) groups is 1. The van der Waals surface area contributed by atoms with E-state index in [1.54, 1.807) is 6.92 Å². The second-order valence-corrected chi connectivity index (χ2v) is 4.91. The van der Waals surface area contributed by atoms with Gasteiger partial charge in [0.15, 0.2) is 0 Å². The third-order valence-electron chi connectivity index (χ3n) is 2.26. The molecule has 1 heterocycles. The Morgan fingerprint density at radius 3 is 3.13 bits per heavy atom. The smallest absolute Gasteiger partial charge is 0.322 e. The van der Waals surface area contributed by atoms with Crippen molar-refractivity contribution >= 4 is 17.7 Å². The van der Waals surface area contributed by atoms with Crippen LogP contribution in [0.5, 0.6) is 0 Å². The Morgan fingerprint density at radius 1 is 1.73 bits per heavy atom. The highest BCUT2D eigenvalue weighted by Crippen LogP contribution is 2.21. The average Bonchev–Trinajstić information content (AvgIpc) is 2.71. The van der Waals surface area contributed by atoms with Crippen LogP contribution in [0.4, 0.5) is 0 Å². The molecule has 4 nitrogen and oxygen atoms in total. The molecule has 0 bridgehead atoms. The molecule has 0 aliphatic carbocycles. The molecule has 1 rings (SSSR count). The summed E-state index contributed by atoms with van der Waals surface area (Å²) in [5.74, 6) is 0.606. The maximum Gasteiger partial charge on any atom is 0.322 e. The van der Waals surface area contributed by atoms with Crippen molar-refractivity contribution in [2.45, 2.75) is 31.1 Å². The van der Waals surface area contributed by atoms with Crippen molar-refractivity contribution in [2.24, 2.45) is 5.73 Å². The van der Waals surface area contributed by atoms with Crippen molar-refractivity contribution in [1.82, 2.24) is 0 Å². The first-order valence-corrected chi connectivity index (χ1v) is 6.40. The number of rotatable bonds is 6. The molecule has 2 N–H and O–H groups in total. The van der Waals surface area contributed by atoms with Gasteiger partial charge in [0, 0.05) is 11.9 Å². The van der Waals surface area contributed by atoms with E-state index in [-0.39, 0.29) is 5.97 Å². The van der Waals surface area contributed by atoms with Crippen molar-refractivity contribution in [3.05, 3.63) is 0 Å². The van der Waals surface area contributed by atoms with E-state index in [2.05, 4.69) is 0 Å². The van der Waals surface area contributed by atoms with Gasteiger partial charge in [0.2, 0.25) is 0 Å². The fourth-order valence-electron chi connectivity index (χ4n) is 1.37. The molecule has 5 heteroatoms. The van der Waals surface area contributed by atoms with Crippen LogP contribution in [-0.2, 0) is 14.3 Å². The largest absolute Gasteiger partial charge is 0.465 e. The lowest BCUT2D eigenvalue weighted by atomic mass is 10.2. The van der Waals surface area contributed by atoms with Crippen LogP contribution in [0.3, 0.4) is 0 Å². The molecule has 1 aliphatic heterocycles. The maximum atomic E-state index is 11.2. The van der Waals surface area contributed by atoms with E-state index in [0.717, 1.165) is 25.4 Å². The van der Waals surface area contributed by atoms with Crippen LogP contribution >= 0.6 is 11.8 Å². The lowest BCUT2D eigenvalue weighted by molar-refractivity contribution is -0.144. The van der Waals surface area contributed by atoms with Crippen molar-refractivity contribution in [1.29, 1.82) is 0 Å². The topological polar surface area (TPSA) is 61.5 Å². The van der Waals surface area contributed by atoms with Gasteiger partial charge in [-0.25, -0.2) is 0 Å². The number of hydrogen-bond donors (Lipinski definition) is 1. The predicted molar refractivity (Wildman–Crippen MR) is 60.9 cm³/mol. The van der Waals surface area contributed by atoms with Crippen LogP contribution in [0, 0.1) is 0 Å². The lowest BCUT2D eigenvalue weighted by Gasteiger charge is -2.11. The van der Waals surface area contributed by atoms with Gasteiger partial charge in [-0.2, -0.15) is 11.8 Å². The molecule has 0 amide bonds. The molecule has 1 aliphatic rings. The number of carbonyl (C=O) groups excluding carboxylic acids is 1. The first kappa shape index (κ1) is 12.8. The predicted octanol–water partition coefficient (Wildman–Crippen LogP) is 0.789. The van der Waals surface area contributed by atoms with Crippen molar-refractivity contribution < 1.29 is 14.3 Å². The number of esters is 1. The van der Waals surface area contributed by atoms with Crippen LogP contribution in [0.1, 0.15) is 19.8 Å². The summed E-state index contributed by atoms with van der Waals surface area (Å²) in [5, 5.41) is 0.583. The van der Waals surface area contributed by atoms with Gasteiger partial charge in [0.1, 0.15) is 6.04 Å². The van der Waals surface area contributed by atoms with E-state index in [0.29, 0.717) is 18.3 Å². The van der Waals surface area contributed by atoms with Gasteiger partial charge in [0.25, 0.3) is 0 Å². The van der Waals surface area contributed by atoms with Gasteiger partial charge in [-0.3, -0.25) is 4.79 Å². The van der Waals surface area contributed by atoms with Crippen LogP contribution in [0.25, 0.3) is 0 Å². The van der Waals surface area contributed by atoms with E-state index in [1.807, 2.05) is 11.8 Å². The van der Waals surface area contributed by atoms with Gasteiger partial charge < -0.3 is 15.2 Å². The Bertz CT molecular complexity index is 195. The number of carbonyl (C=O) groups is 1. The molecular weight excluding hydrogens is 214 g/mol. The van der Waals surface area contributed by atoms with E-state index in [4.69, 9.17) is 15.2 Å². The average molecular weight is 233 g/mol. The fourth-order valence-corrected chi connectivity index (χ4v) is 2.55. The highest BCUT2D eigenvalue weighted by molar-refractivity contribution is 7.99. The standard InChI is InChI=1S/C10H19NO3S/c1-2-14-10(12)9(11)4-6-15-8-3-5-13-7-8/h8-9H,2-7,11H2,1H3. The highest BCUT2D eigenvalue weighted by atomic mass is 32.2. The second-order valence-electron chi connectivity index (χ2n) is 3.50. The van der Waals surface area contributed by atoms with Crippen LogP contribution in [0.2, 0.25) is 0 Å². The molecule has 0 aromatic carbocycles. The molecule has 88 valence electrons. The summed E-state index contributed by atoms with van der Waals surface area (Å²) >= 11 is 1.84. The van der Waals surface area contributed by atoms with Crippen molar-refractivity contribution in [3.8, 4) is 0 Å². The SMILES string of the molecule is CCOC(=O)C(N)CCSC1CCOC1. The monoisotopic (exact) mass is 233 g/mol. The Balaban J connectivity index is 2.05. The Morgan fingerprint density at radius 2 is 2.53 bits per heavy atom. The summed E-state index contributed by atoms with van der Waals surface area (Å²) < 4.78 is 10.1. The van der Waals surface area contributed by atoms with Crippen LogP contribution in [0.15, 0.2) is 0 Å². The number of hydrogen-bond acceptors (Lipinski definition) is 5. The first-order chi connectivity index (χ1) is 7.24. The van der Waals surface area contributed by atoms with E-state index < -0.39 is 6.04 Å². The Kier molecular flexibility index (Phi) is 6.05. The molecule has 0 aromatic rings. The van der Waals surface area contributed by atoms with Crippen molar-refractivity contribution in [2.75, 3.05) is 25.6 Å². The minimum absolute atomic E-state index is 0.291. The zero-order chi connectivity index (χ0) is 11.1. The molecule has 1 fully saturated rings. The van der Waals surface area contributed by atoms with Crippen LogP contribution in [-0.4, -0.2) is 42.8 Å². The third kappa shape index (κ3) is 4.86. The summed E-state index contributed by atoms with van der Waals surface area (Å²) in [6.07, 6.45) is 1.79. The lowest BCUT2D eigenvalue weighted by Crippen LogP contribution is -2.33. The second kappa shape index (κ2) is 7.09. The summed E-state index contributed by atoms with van der Waals surface area (Å²) in [6, 6.07) is -0.472. The number of nitrogens with two attached hydrogens (primary N) is 1. The maximum absolute atomic E-state index is 11.2. The molecule has 0 aromatic heterocycles. The molecular formula is C10H19NO3S. The summed E-state index contributed by atoms with van der Waals surface area (Å²) in [7, 11) is 0. The zero-order valence-electron chi connectivity index (χ0n) is 9.11. The number of ether oxygens (including phenoxy) is 2. The van der Waals surface area contributed by atoms with Crippen molar-refractivity contribution in [3.63, 3.8) is 0 Å². The Hall–Kier alpha value is -0.260. The first-order valence-electron chi connectivity index (χ1n) is 5.35. The molecule has 2 atom stereocenters. The van der Waals surface area contributed by atoms with Gasteiger partial charge >= 0.3 is 5.97 Å². The minimum Gasteiger partial charge on any atom is -0.465 e. The minimum atomic E-state index is -0.472. The fraction of sp³-hybridized carbons (Fsp3) is 0.900. The van der Waals surface area contributed by atoms with E-state index in [9.17, 15) is 4.79 Å². The quantitative estimate of drug-likeness (QED) is 0.687. The summed E-state index contributed by atoms with van der Waals surface area (Å²) in [5.41, 5.74) is 5.67. The summed E-state index contributed by atoms with van der Waals surface area (Å²) in [6.45, 7) is 3.88. The Labute approximate surface area is 94.9 Å². The van der Waals surface area contributed by atoms with E-state index in [1.165, 1.54) is 0 Å². The normalized spacial score (nSPS) is 22.7. The molecule has 1 saturated heterocycles. The molecule has 15 heavy (non-hydrogen) atoms. The highest BCUT2D eigenvalue weighted by Gasteiger charge is 2.18. The van der Waals surface area contributed by atoms with Gasteiger partial charge in [0.05, 0.1) is 13.2 Å². The third-order valence-corrected chi connectivity index (χ3v) is 3.57. The molecule has 2 unspecified atom stereocenters. The molecule has 0 saturated carbocycles. The zero-order valence-corrected chi connectivity index (χ0v) is 9.92. The van der Waals surface area contributed by atoms with Gasteiger partial charge in [-0.15, -0.1) is 0 Å².